The van der Waals surface area contributed by atoms with Crippen LogP contribution in [0.5, 0.6) is 5.75 Å². The Morgan fingerprint density at radius 3 is 3.03 bits per heavy atom. The smallest absolute Gasteiger partial charge is 0.244 e. The molecular weight excluding hydrogens is 420 g/mol. The summed E-state index contributed by atoms with van der Waals surface area (Å²) >= 11 is 8.01. The third-order valence-electron chi connectivity index (χ3n) is 4.79. The van der Waals surface area contributed by atoms with Crippen molar-refractivity contribution in [2.45, 2.75) is 25.6 Å². The van der Waals surface area contributed by atoms with E-state index in [1.54, 1.807) is 36.7 Å². The maximum absolute atomic E-state index is 12.1. The number of aliphatic hydroxyl groups is 1. The molecule has 30 heavy (non-hydrogen) atoms. The Labute approximate surface area is 184 Å². The first-order valence-corrected chi connectivity index (χ1v) is 10.8. The van der Waals surface area contributed by atoms with Gasteiger partial charge in [-0.3, -0.25) is 9.78 Å². The number of fused-ring (bicyclic) bond motifs is 1. The van der Waals surface area contributed by atoms with Crippen molar-refractivity contribution in [3.8, 4) is 16.2 Å². The van der Waals surface area contributed by atoms with Crippen molar-refractivity contribution in [2.24, 2.45) is 0 Å². The largest absolute Gasteiger partial charge is 0.486 e. The van der Waals surface area contributed by atoms with Crippen molar-refractivity contribution in [3.05, 3.63) is 75.9 Å². The number of aromatic nitrogens is 1. The number of rotatable bonds is 6. The van der Waals surface area contributed by atoms with Crippen LogP contribution in [0.25, 0.3) is 16.5 Å². The predicted octanol–water partition coefficient (Wildman–Crippen LogP) is 4.65. The molecule has 1 aromatic carbocycles. The van der Waals surface area contributed by atoms with Crippen LogP contribution in [-0.4, -0.2) is 28.6 Å². The van der Waals surface area contributed by atoms with Gasteiger partial charge < -0.3 is 15.2 Å². The van der Waals surface area contributed by atoms with Crippen LogP contribution in [-0.2, 0) is 11.2 Å². The summed E-state index contributed by atoms with van der Waals surface area (Å²) in [5.74, 6) is 0.493. The number of halogens is 1. The van der Waals surface area contributed by atoms with Crippen molar-refractivity contribution in [2.75, 3.05) is 6.54 Å². The monoisotopic (exact) mass is 440 g/mol. The number of pyridine rings is 1. The molecule has 0 fully saturated rings. The normalized spacial score (nSPS) is 16.3. The molecule has 2 unspecified atom stereocenters. The number of nitrogens with one attached hydrogen (secondary N) is 1. The number of hydrogen-bond donors (Lipinski definition) is 2. The van der Waals surface area contributed by atoms with Crippen molar-refractivity contribution < 1.29 is 14.6 Å². The van der Waals surface area contributed by atoms with Gasteiger partial charge in [-0.05, 0) is 54.5 Å². The van der Waals surface area contributed by atoms with Crippen molar-refractivity contribution in [3.63, 3.8) is 0 Å². The number of amides is 1. The first-order valence-electron chi connectivity index (χ1n) is 9.63. The summed E-state index contributed by atoms with van der Waals surface area (Å²) in [5, 5.41) is 13.2. The molecular formula is C23H21ClN2O3S. The molecule has 3 heterocycles. The van der Waals surface area contributed by atoms with Gasteiger partial charge in [0.1, 0.15) is 11.9 Å². The molecule has 4 rings (SSSR count). The summed E-state index contributed by atoms with van der Waals surface area (Å²) in [5.41, 5.74) is 2.89. The highest BCUT2D eigenvalue weighted by atomic mass is 35.5. The maximum atomic E-state index is 12.1. The summed E-state index contributed by atoms with van der Waals surface area (Å²) in [4.78, 5) is 18.1. The quantitative estimate of drug-likeness (QED) is 0.547. The summed E-state index contributed by atoms with van der Waals surface area (Å²) in [6, 6.07) is 11.6. The number of aliphatic hydroxyl groups excluding tert-OH is 1. The molecule has 0 bridgehead atoms. The van der Waals surface area contributed by atoms with Gasteiger partial charge in [0.15, 0.2) is 0 Å². The molecule has 0 saturated heterocycles. The zero-order valence-electron chi connectivity index (χ0n) is 16.3. The molecule has 0 spiro atoms. The van der Waals surface area contributed by atoms with Crippen LogP contribution >= 0.6 is 22.9 Å². The van der Waals surface area contributed by atoms with E-state index in [-0.39, 0.29) is 12.0 Å². The SMILES string of the molecule is CC(O)c1ccc(-c2cc(Cl)c3c(c2)CC(CNC(=O)C=Cc2cccnc2)O3)s1. The van der Waals surface area contributed by atoms with E-state index in [0.29, 0.717) is 23.7 Å². The molecule has 1 aliphatic rings. The Morgan fingerprint density at radius 1 is 1.43 bits per heavy atom. The van der Waals surface area contributed by atoms with Gasteiger partial charge in [0, 0.05) is 40.2 Å². The second kappa shape index (κ2) is 9.00. The lowest BCUT2D eigenvalue weighted by molar-refractivity contribution is -0.116. The lowest BCUT2D eigenvalue weighted by Crippen LogP contribution is -2.33. The molecule has 2 N–H and O–H groups in total. The Hall–Kier alpha value is -2.67. The molecule has 2 aromatic heterocycles. The highest BCUT2D eigenvalue weighted by Crippen LogP contribution is 2.41. The standard InChI is InChI=1S/C23H21ClN2O3S/c1-14(27)20-5-6-21(30-20)16-9-17-10-18(29-23(17)19(24)11-16)13-26-22(28)7-4-15-3-2-8-25-12-15/h2-9,11-12,14,18,27H,10,13H2,1H3,(H,26,28). The van der Waals surface area contributed by atoms with E-state index in [2.05, 4.69) is 16.4 Å². The molecule has 0 aliphatic carbocycles. The van der Waals surface area contributed by atoms with Crippen LogP contribution in [0.3, 0.4) is 0 Å². The van der Waals surface area contributed by atoms with Gasteiger partial charge in [0.05, 0.1) is 17.7 Å². The molecule has 0 radical (unpaired) electrons. The van der Waals surface area contributed by atoms with Gasteiger partial charge in [0.2, 0.25) is 5.91 Å². The number of carbonyl (C=O) groups excluding carboxylic acids is 1. The highest BCUT2D eigenvalue weighted by molar-refractivity contribution is 7.15. The Morgan fingerprint density at radius 2 is 2.30 bits per heavy atom. The maximum Gasteiger partial charge on any atom is 0.244 e. The summed E-state index contributed by atoms with van der Waals surface area (Å²) in [7, 11) is 0. The first kappa shape index (κ1) is 20.6. The molecule has 154 valence electrons. The van der Waals surface area contributed by atoms with E-state index in [4.69, 9.17) is 16.3 Å². The molecule has 2 atom stereocenters. The van der Waals surface area contributed by atoms with E-state index >= 15 is 0 Å². The number of benzene rings is 1. The second-order valence-corrected chi connectivity index (χ2v) is 8.66. The fourth-order valence-electron chi connectivity index (χ4n) is 3.30. The second-order valence-electron chi connectivity index (χ2n) is 7.13. The zero-order chi connectivity index (χ0) is 21.1. The lowest BCUT2D eigenvalue weighted by atomic mass is 10.1. The lowest BCUT2D eigenvalue weighted by Gasteiger charge is -2.11. The molecule has 1 aliphatic heterocycles. The van der Waals surface area contributed by atoms with Gasteiger partial charge >= 0.3 is 0 Å². The van der Waals surface area contributed by atoms with E-state index in [0.717, 1.165) is 26.4 Å². The van der Waals surface area contributed by atoms with Gasteiger partial charge in [-0.15, -0.1) is 11.3 Å². The summed E-state index contributed by atoms with van der Waals surface area (Å²) in [6.45, 7) is 2.14. The summed E-state index contributed by atoms with van der Waals surface area (Å²) < 4.78 is 5.97. The van der Waals surface area contributed by atoms with Crippen LogP contribution in [0.2, 0.25) is 5.02 Å². The van der Waals surface area contributed by atoms with E-state index in [9.17, 15) is 9.90 Å². The molecule has 0 saturated carbocycles. The molecule has 7 heteroatoms. The minimum Gasteiger partial charge on any atom is -0.486 e. The third kappa shape index (κ3) is 4.73. The number of ether oxygens (including phenoxy) is 1. The van der Waals surface area contributed by atoms with Crippen LogP contribution in [0, 0.1) is 0 Å². The minimum atomic E-state index is -0.489. The zero-order valence-corrected chi connectivity index (χ0v) is 17.9. The molecule has 3 aromatic rings. The third-order valence-corrected chi connectivity index (χ3v) is 6.38. The van der Waals surface area contributed by atoms with Crippen LogP contribution in [0.4, 0.5) is 0 Å². The van der Waals surface area contributed by atoms with Gasteiger partial charge in [-0.25, -0.2) is 0 Å². The Balaban J connectivity index is 1.38. The minimum absolute atomic E-state index is 0.167. The molecule has 1 amide bonds. The fraction of sp³-hybridized carbons (Fsp3) is 0.217. The van der Waals surface area contributed by atoms with Gasteiger partial charge in [-0.2, -0.15) is 0 Å². The van der Waals surface area contributed by atoms with E-state index < -0.39 is 6.10 Å². The van der Waals surface area contributed by atoms with Crippen molar-refractivity contribution >= 4 is 34.9 Å². The Bertz CT molecular complexity index is 1080. The van der Waals surface area contributed by atoms with E-state index in [1.807, 2.05) is 30.3 Å². The topological polar surface area (TPSA) is 71.5 Å². The fourth-order valence-corrected chi connectivity index (χ4v) is 4.51. The predicted molar refractivity (Wildman–Crippen MR) is 120 cm³/mol. The van der Waals surface area contributed by atoms with Gasteiger partial charge in [0.25, 0.3) is 0 Å². The van der Waals surface area contributed by atoms with Crippen molar-refractivity contribution in [1.82, 2.24) is 10.3 Å². The number of carbonyl (C=O) groups is 1. The van der Waals surface area contributed by atoms with Crippen molar-refractivity contribution in [1.29, 1.82) is 0 Å². The number of nitrogens with zero attached hydrogens (tertiary/aromatic N) is 1. The molecule has 5 nitrogen and oxygen atoms in total. The average Bonchev–Trinajstić information content (AvgIpc) is 3.39. The number of thiophene rings is 1. The van der Waals surface area contributed by atoms with Crippen LogP contribution in [0.1, 0.15) is 29.0 Å². The van der Waals surface area contributed by atoms with Crippen LogP contribution < -0.4 is 10.1 Å². The number of hydrogen-bond acceptors (Lipinski definition) is 5. The average molecular weight is 441 g/mol. The van der Waals surface area contributed by atoms with Crippen LogP contribution in [0.15, 0.2) is 54.9 Å². The summed E-state index contributed by atoms with van der Waals surface area (Å²) in [6.07, 6.45) is 6.60. The Kier molecular flexibility index (Phi) is 6.18. The highest BCUT2D eigenvalue weighted by Gasteiger charge is 2.26. The van der Waals surface area contributed by atoms with E-state index in [1.165, 1.54) is 6.08 Å². The van der Waals surface area contributed by atoms with Gasteiger partial charge in [-0.1, -0.05) is 17.7 Å². The first-order chi connectivity index (χ1) is 14.5.